The normalized spacial score (nSPS) is 12.1. The lowest BCUT2D eigenvalue weighted by Gasteiger charge is -2.18. The first-order chi connectivity index (χ1) is 15.5. The fourth-order valence-corrected chi connectivity index (χ4v) is 5.01. The van der Waals surface area contributed by atoms with Gasteiger partial charge in [-0.3, -0.25) is 5.43 Å². The average Bonchev–Trinajstić information content (AvgIpc) is 3.19. The average molecular weight is 448 g/mol. The molecule has 0 fully saturated rings. The number of H-pyrrole nitrogens is 1. The van der Waals surface area contributed by atoms with Crippen molar-refractivity contribution in [2.75, 3.05) is 18.5 Å². The van der Waals surface area contributed by atoms with Crippen molar-refractivity contribution in [1.82, 2.24) is 14.3 Å². The van der Waals surface area contributed by atoms with Crippen molar-refractivity contribution >= 4 is 33.0 Å². The third-order valence-corrected chi connectivity index (χ3v) is 7.29. The van der Waals surface area contributed by atoms with Crippen LogP contribution >= 0.6 is 0 Å². The lowest BCUT2D eigenvalue weighted by atomic mass is 10.1. The van der Waals surface area contributed by atoms with Crippen LogP contribution in [0.4, 0.5) is 5.82 Å². The van der Waals surface area contributed by atoms with E-state index >= 15 is 0 Å². The summed E-state index contributed by atoms with van der Waals surface area (Å²) in [5.74, 6) is 0.459. The van der Waals surface area contributed by atoms with E-state index in [-0.39, 0.29) is 4.90 Å². The number of anilines is 1. The molecule has 0 bridgehead atoms. The first-order valence-electron chi connectivity index (χ1n) is 10.5. The lowest BCUT2D eigenvalue weighted by Crippen LogP contribution is -2.30. The van der Waals surface area contributed by atoms with Gasteiger partial charge in [-0.05, 0) is 23.8 Å². The molecular formula is C24H25N5O2S. The van der Waals surface area contributed by atoms with Gasteiger partial charge < -0.3 is 4.98 Å². The Kier molecular flexibility index (Phi) is 6.34. The molecule has 8 heteroatoms. The van der Waals surface area contributed by atoms with Crippen molar-refractivity contribution in [3.8, 4) is 11.3 Å². The van der Waals surface area contributed by atoms with Gasteiger partial charge in [0.2, 0.25) is 10.0 Å². The molecule has 0 aliphatic carbocycles. The molecule has 0 saturated carbocycles. The minimum Gasteiger partial charge on any atom is -0.354 e. The highest BCUT2D eigenvalue weighted by Crippen LogP contribution is 2.29. The molecule has 0 amide bonds. The molecule has 0 radical (unpaired) electrons. The molecule has 0 spiro atoms. The Hall–Kier alpha value is -3.49. The first kappa shape index (κ1) is 21.7. The standard InChI is InChI=1S/C24H25N5O2S/c1-3-29(4-2)32(30,31)19-14-15-23(25-16-19)28-26-17-21-20-12-8-9-13-22(20)27-24(21)18-10-6-5-7-11-18/h5-17,27H,3-4H2,1-2H3,(H,25,28)/b26-17+. The van der Waals surface area contributed by atoms with Gasteiger partial charge in [0.15, 0.2) is 0 Å². The number of benzene rings is 2. The van der Waals surface area contributed by atoms with Crippen LogP contribution in [0.3, 0.4) is 0 Å². The number of nitrogens with one attached hydrogen (secondary N) is 2. The van der Waals surface area contributed by atoms with E-state index in [2.05, 4.69) is 20.5 Å². The Morgan fingerprint density at radius 3 is 2.41 bits per heavy atom. The summed E-state index contributed by atoms with van der Waals surface area (Å²) in [6.07, 6.45) is 3.11. The van der Waals surface area contributed by atoms with E-state index in [4.69, 9.17) is 0 Å². The predicted molar refractivity (Wildman–Crippen MR) is 129 cm³/mol. The zero-order valence-electron chi connectivity index (χ0n) is 18.0. The number of pyridine rings is 1. The second-order valence-corrected chi connectivity index (χ2v) is 9.10. The third-order valence-electron chi connectivity index (χ3n) is 5.26. The van der Waals surface area contributed by atoms with Crippen LogP contribution in [0.25, 0.3) is 22.2 Å². The van der Waals surface area contributed by atoms with Crippen LogP contribution in [-0.4, -0.2) is 42.0 Å². The number of rotatable bonds is 8. The van der Waals surface area contributed by atoms with Gasteiger partial charge in [-0.25, -0.2) is 13.4 Å². The summed E-state index contributed by atoms with van der Waals surface area (Å²) < 4.78 is 26.6. The molecule has 164 valence electrons. The Morgan fingerprint density at radius 1 is 1.00 bits per heavy atom. The molecule has 0 saturated heterocycles. The van der Waals surface area contributed by atoms with E-state index in [0.717, 1.165) is 27.7 Å². The highest BCUT2D eigenvalue weighted by Gasteiger charge is 2.21. The SMILES string of the molecule is CCN(CC)S(=O)(=O)c1ccc(N/N=C/c2c(-c3ccccc3)[nH]c3ccccc23)nc1. The van der Waals surface area contributed by atoms with E-state index in [9.17, 15) is 8.42 Å². The highest BCUT2D eigenvalue weighted by molar-refractivity contribution is 7.89. The Balaban J connectivity index is 1.59. The molecule has 0 aliphatic rings. The number of hydrogen-bond donors (Lipinski definition) is 2. The molecule has 7 nitrogen and oxygen atoms in total. The largest absolute Gasteiger partial charge is 0.354 e. The van der Waals surface area contributed by atoms with Crippen molar-refractivity contribution in [2.24, 2.45) is 5.10 Å². The van der Waals surface area contributed by atoms with E-state index in [0.29, 0.717) is 18.9 Å². The van der Waals surface area contributed by atoms with E-state index in [1.54, 1.807) is 18.3 Å². The highest BCUT2D eigenvalue weighted by atomic mass is 32.2. The van der Waals surface area contributed by atoms with Gasteiger partial charge in [0.25, 0.3) is 0 Å². The van der Waals surface area contributed by atoms with Crippen LogP contribution in [0.1, 0.15) is 19.4 Å². The summed E-state index contributed by atoms with van der Waals surface area (Å²) in [7, 11) is -3.53. The van der Waals surface area contributed by atoms with E-state index in [1.807, 2.05) is 68.4 Å². The number of aromatic nitrogens is 2. The number of sulfonamides is 1. The van der Waals surface area contributed by atoms with Gasteiger partial charge >= 0.3 is 0 Å². The van der Waals surface area contributed by atoms with Crippen LogP contribution in [0.5, 0.6) is 0 Å². The number of fused-ring (bicyclic) bond motifs is 1. The van der Waals surface area contributed by atoms with Gasteiger partial charge in [-0.2, -0.15) is 9.41 Å². The van der Waals surface area contributed by atoms with Gasteiger partial charge in [0.1, 0.15) is 10.7 Å². The number of nitrogens with zero attached hydrogens (tertiary/aromatic N) is 3. The van der Waals surface area contributed by atoms with Crippen LogP contribution in [0, 0.1) is 0 Å². The Morgan fingerprint density at radius 2 is 1.72 bits per heavy atom. The monoisotopic (exact) mass is 447 g/mol. The minimum absolute atomic E-state index is 0.165. The summed E-state index contributed by atoms with van der Waals surface area (Å²) in [6.45, 7) is 4.45. The van der Waals surface area contributed by atoms with Crippen LogP contribution in [0.2, 0.25) is 0 Å². The first-order valence-corrected chi connectivity index (χ1v) is 11.9. The zero-order valence-corrected chi connectivity index (χ0v) is 18.8. The molecular weight excluding hydrogens is 422 g/mol. The predicted octanol–water partition coefficient (Wildman–Crippen LogP) is 4.71. The topological polar surface area (TPSA) is 90.5 Å². The quantitative estimate of drug-likeness (QED) is 0.302. The summed E-state index contributed by atoms with van der Waals surface area (Å²) in [5, 5.41) is 5.42. The summed E-state index contributed by atoms with van der Waals surface area (Å²) >= 11 is 0. The molecule has 2 aromatic heterocycles. The van der Waals surface area contributed by atoms with Crippen molar-refractivity contribution in [1.29, 1.82) is 0 Å². The lowest BCUT2D eigenvalue weighted by molar-refractivity contribution is 0.445. The molecule has 4 rings (SSSR count). The molecule has 2 aromatic carbocycles. The Labute approximate surface area is 187 Å². The molecule has 0 unspecified atom stereocenters. The van der Waals surface area contributed by atoms with Crippen LogP contribution in [0.15, 0.2) is 82.9 Å². The number of hydrazone groups is 1. The van der Waals surface area contributed by atoms with Crippen molar-refractivity contribution in [3.05, 3.63) is 78.5 Å². The fraction of sp³-hybridized carbons (Fsp3) is 0.167. The van der Waals surface area contributed by atoms with E-state index in [1.165, 1.54) is 10.5 Å². The number of para-hydroxylation sites is 1. The summed E-state index contributed by atoms with van der Waals surface area (Å²) in [5.41, 5.74) is 6.92. The molecule has 2 heterocycles. The summed E-state index contributed by atoms with van der Waals surface area (Å²) in [6, 6.07) is 21.3. The Bertz CT molecular complexity index is 1330. The van der Waals surface area contributed by atoms with Crippen LogP contribution < -0.4 is 5.43 Å². The molecule has 2 N–H and O–H groups in total. The number of hydrogen-bond acceptors (Lipinski definition) is 5. The van der Waals surface area contributed by atoms with Crippen molar-refractivity contribution in [2.45, 2.75) is 18.7 Å². The molecule has 4 aromatic rings. The summed E-state index contributed by atoms with van der Waals surface area (Å²) in [4.78, 5) is 7.85. The molecule has 0 aliphatic heterocycles. The molecule has 32 heavy (non-hydrogen) atoms. The fourth-order valence-electron chi connectivity index (χ4n) is 3.60. The van der Waals surface area contributed by atoms with Crippen LogP contribution in [-0.2, 0) is 10.0 Å². The van der Waals surface area contributed by atoms with Crippen molar-refractivity contribution < 1.29 is 8.42 Å². The maximum atomic E-state index is 12.6. The zero-order chi connectivity index (χ0) is 22.6. The van der Waals surface area contributed by atoms with Crippen molar-refractivity contribution in [3.63, 3.8) is 0 Å². The second kappa shape index (κ2) is 9.33. The van der Waals surface area contributed by atoms with Gasteiger partial charge in [-0.1, -0.05) is 62.4 Å². The second-order valence-electron chi connectivity index (χ2n) is 7.16. The smallest absolute Gasteiger partial charge is 0.244 e. The third kappa shape index (κ3) is 4.28. The maximum Gasteiger partial charge on any atom is 0.244 e. The van der Waals surface area contributed by atoms with E-state index < -0.39 is 10.0 Å². The maximum absolute atomic E-state index is 12.6. The molecule has 0 atom stereocenters. The number of aromatic amines is 1. The van der Waals surface area contributed by atoms with Gasteiger partial charge in [0.05, 0.1) is 11.9 Å². The minimum atomic E-state index is -3.53. The van der Waals surface area contributed by atoms with Gasteiger partial charge in [-0.15, -0.1) is 0 Å². The van der Waals surface area contributed by atoms with Gasteiger partial charge in [0, 0.05) is 35.8 Å².